The molecule has 20 heavy (non-hydrogen) atoms. The van der Waals surface area contributed by atoms with E-state index in [-0.39, 0.29) is 5.88 Å². The fourth-order valence-electron chi connectivity index (χ4n) is 1.59. The van der Waals surface area contributed by atoms with Crippen molar-refractivity contribution < 1.29 is 14.2 Å². The fraction of sp³-hybridized carbons (Fsp3) is 0.143. The van der Waals surface area contributed by atoms with Crippen LogP contribution in [0.2, 0.25) is 0 Å². The number of methoxy groups -OCH3 is 2. The van der Waals surface area contributed by atoms with E-state index in [1.54, 1.807) is 30.3 Å². The summed E-state index contributed by atoms with van der Waals surface area (Å²) in [6, 6.07) is 10.1. The van der Waals surface area contributed by atoms with Gasteiger partial charge in [0.1, 0.15) is 0 Å². The molecule has 0 aliphatic heterocycles. The van der Waals surface area contributed by atoms with Gasteiger partial charge in [-0.05, 0) is 18.2 Å². The fourth-order valence-corrected chi connectivity index (χ4v) is 1.59. The van der Waals surface area contributed by atoms with Crippen LogP contribution in [-0.2, 0) is 0 Å². The van der Waals surface area contributed by atoms with E-state index < -0.39 is 0 Å². The van der Waals surface area contributed by atoms with Crippen LogP contribution in [0, 0.1) is 11.3 Å². The summed E-state index contributed by atoms with van der Waals surface area (Å²) in [5, 5.41) is 8.85. The Bertz CT molecular complexity index is 665. The zero-order valence-corrected chi connectivity index (χ0v) is 11.1. The summed E-state index contributed by atoms with van der Waals surface area (Å²) < 4.78 is 15.8. The van der Waals surface area contributed by atoms with E-state index in [2.05, 4.69) is 4.98 Å². The number of benzene rings is 1. The lowest BCUT2D eigenvalue weighted by Gasteiger charge is -2.11. The third-order valence-electron chi connectivity index (χ3n) is 2.56. The maximum atomic E-state index is 8.85. The molecule has 0 fully saturated rings. The Morgan fingerprint density at radius 2 is 1.90 bits per heavy atom. The Hall–Kier alpha value is -2.94. The minimum Gasteiger partial charge on any atom is -0.493 e. The van der Waals surface area contributed by atoms with E-state index in [0.717, 1.165) is 0 Å². The standard InChI is InChI=1S/C14H13N3O3/c1-18-12-7-9(8-15)3-5-11(12)20-13-6-4-10(16)14(17-13)19-2/h3-7H,16H2,1-2H3. The molecule has 0 spiro atoms. The van der Waals surface area contributed by atoms with Crippen LogP contribution in [0.25, 0.3) is 0 Å². The first-order valence-electron chi connectivity index (χ1n) is 5.74. The normalized spacial score (nSPS) is 9.65. The first-order valence-corrected chi connectivity index (χ1v) is 5.74. The van der Waals surface area contributed by atoms with Gasteiger partial charge in [-0.1, -0.05) is 0 Å². The molecular weight excluding hydrogens is 258 g/mol. The van der Waals surface area contributed by atoms with Crippen molar-refractivity contribution in [3.8, 4) is 29.3 Å². The molecular formula is C14H13N3O3. The van der Waals surface area contributed by atoms with Crippen LogP contribution in [-0.4, -0.2) is 19.2 Å². The highest BCUT2D eigenvalue weighted by molar-refractivity contribution is 5.51. The highest BCUT2D eigenvalue weighted by Crippen LogP contribution is 2.32. The van der Waals surface area contributed by atoms with E-state index in [1.807, 2.05) is 6.07 Å². The number of nitriles is 1. The molecule has 0 atom stereocenters. The molecule has 1 heterocycles. The molecule has 102 valence electrons. The summed E-state index contributed by atoms with van der Waals surface area (Å²) in [6.45, 7) is 0. The van der Waals surface area contributed by atoms with Gasteiger partial charge < -0.3 is 19.9 Å². The quantitative estimate of drug-likeness (QED) is 0.917. The maximum absolute atomic E-state index is 8.85. The molecule has 2 N–H and O–H groups in total. The Morgan fingerprint density at radius 3 is 2.55 bits per heavy atom. The molecule has 6 nitrogen and oxygen atoms in total. The van der Waals surface area contributed by atoms with E-state index in [0.29, 0.717) is 28.6 Å². The van der Waals surface area contributed by atoms with Gasteiger partial charge in [0.15, 0.2) is 11.5 Å². The number of hydrogen-bond donors (Lipinski definition) is 1. The Labute approximate surface area is 116 Å². The van der Waals surface area contributed by atoms with Gasteiger partial charge in [0.25, 0.3) is 0 Å². The van der Waals surface area contributed by atoms with Gasteiger partial charge in [-0.15, -0.1) is 0 Å². The van der Waals surface area contributed by atoms with Crippen molar-refractivity contribution in [1.29, 1.82) is 5.26 Å². The zero-order chi connectivity index (χ0) is 14.5. The second kappa shape index (κ2) is 5.80. The van der Waals surface area contributed by atoms with E-state index >= 15 is 0 Å². The molecule has 0 radical (unpaired) electrons. The molecule has 0 aliphatic rings. The Kier molecular flexibility index (Phi) is 3.91. The van der Waals surface area contributed by atoms with E-state index in [4.69, 9.17) is 25.2 Å². The third kappa shape index (κ3) is 2.72. The number of rotatable bonds is 4. The lowest BCUT2D eigenvalue weighted by molar-refractivity contribution is 0.363. The van der Waals surface area contributed by atoms with Crippen molar-refractivity contribution in [3.63, 3.8) is 0 Å². The van der Waals surface area contributed by atoms with Crippen molar-refractivity contribution in [3.05, 3.63) is 35.9 Å². The number of nitrogens with zero attached hydrogens (tertiary/aromatic N) is 2. The molecule has 0 amide bonds. The van der Waals surface area contributed by atoms with Crippen LogP contribution >= 0.6 is 0 Å². The molecule has 0 unspecified atom stereocenters. The second-order valence-corrected chi connectivity index (χ2v) is 3.83. The van der Waals surface area contributed by atoms with Gasteiger partial charge in [-0.25, -0.2) is 0 Å². The van der Waals surface area contributed by atoms with Crippen LogP contribution < -0.4 is 19.9 Å². The monoisotopic (exact) mass is 271 g/mol. The molecule has 0 aliphatic carbocycles. The SMILES string of the molecule is COc1cc(C#N)ccc1Oc1ccc(N)c(OC)n1. The lowest BCUT2D eigenvalue weighted by atomic mass is 10.2. The molecule has 0 saturated carbocycles. The van der Waals surface area contributed by atoms with Crippen molar-refractivity contribution >= 4 is 5.69 Å². The number of aromatic nitrogens is 1. The summed E-state index contributed by atoms with van der Waals surface area (Å²) >= 11 is 0. The van der Waals surface area contributed by atoms with Gasteiger partial charge in [-0.2, -0.15) is 10.2 Å². The highest BCUT2D eigenvalue weighted by Gasteiger charge is 2.09. The third-order valence-corrected chi connectivity index (χ3v) is 2.56. The average molecular weight is 271 g/mol. The van der Waals surface area contributed by atoms with Crippen LogP contribution in [0.15, 0.2) is 30.3 Å². The van der Waals surface area contributed by atoms with E-state index in [1.165, 1.54) is 14.2 Å². The summed E-state index contributed by atoms with van der Waals surface area (Å²) in [6.07, 6.45) is 0. The number of nitrogen functional groups attached to an aromatic ring is 1. The number of nitrogens with two attached hydrogens (primary N) is 1. The van der Waals surface area contributed by atoms with Gasteiger partial charge in [-0.3, -0.25) is 0 Å². The number of ether oxygens (including phenoxy) is 3. The molecule has 1 aromatic heterocycles. The first-order chi connectivity index (χ1) is 9.67. The van der Waals surface area contributed by atoms with Crippen molar-refractivity contribution in [2.75, 3.05) is 20.0 Å². The average Bonchev–Trinajstić information content (AvgIpc) is 2.49. The first kappa shape index (κ1) is 13.5. The predicted octanol–water partition coefficient (Wildman–Crippen LogP) is 2.34. The number of anilines is 1. The van der Waals surface area contributed by atoms with Crippen LogP contribution in [0.1, 0.15) is 5.56 Å². The van der Waals surface area contributed by atoms with Gasteiger partial charge in [0.2, 0.25) is 11.8 Å². The summed E-state index contributed by atoms with van der Waals surface area (Å²) in [5.74, 6) is 1.50. The molecule has 1 aromatic carbocycles. The van der Waals surface area contributed by atoms with Crippen molar-refractivity contribution in [2.45, 2.75) is 0 Å². The highest BCUT2D eigenvalue weighted by atomic mass is 16.5. The minimum atomic E-state index is 0.287. The molecule has 0 saturated heterocycles. The molecule has 2 aromatic rings. The van der Waals surface area contributed by atoms with Gasteiger partial charge >= 0.3 is 0 Å². The number of hydrogen-bond acceptors (Lipinski definition) is 6. The van der Waals surface area contributed by atoms with Gasteiger partial charge in [0, 0.05) is 12.1 Å². The van der Waals surface area contributed by atoms with Crippen LogP contribution in [0.4, 0.5) is 5.69 Å². The van der Waals surface area contributed by atoms with Crippen molar-refractivity contribution in [2.24, 2.45) is 0 Å². The van der Waals surface area contributed by atoms with Crippen molar-refractivity contribution in [1.82, 2.24) is 4.98 Å². The number of pyridine rings is 1. The largest absolute Gasteiger partial charge is 0.493 e. The minimum absolute atomic E-state index is 0.287. The molecule has 0 bridgehead atoms. The summed E-state index contributed by atoms with van der Waals surface area (Å²) in [7, 11) is 2.98. The van der Waals surface area contributed by atoms with Crippen LogP contribution in [0.3, 0.4) is 0 Å². The second-order valence-electron chi connectivity index (χ2n) is 3.83. The van der Waals surface area contributed by atoms with Gasteiger partial charge in [0.05, 0.1) is 31.5 Å². The zero-order valence-electron chi connectivity index (χ0n) is 11.1. The molecule has 6 heteroatoms. The topological polar surface area (TPSA) is 90.4 Å². The summed E-state index contributed by atoms with van der Waals surface area (Å²) in [5.41, 5.74) is 6.59. The van der Waals surface area contributed by atoms with Crippen LogP contribution in [0.5, 0.6) is 23.3 Å². The summed E-state index contributed by atoms with van der Waals surface area (Å²) in [4.78, 5) is 4.11. The molecule has 2 rings (SSSR count). The Morgan fingerprint density at radius 1 is 1.10 bits per heavy atom. The Balaban J connectivity index is 2.32. The maximum Gasteiger partial charge on any atom is 0.240 e. The smallest absolute Gasteiger partial charge is 0.240 e. The lowest BCUT2D eigenvalue weighted by Crippen LogP contribution is -1.98. The predicted molar refractivity (Wildman–Crippen MR) is 73.0 cm³/mol. The van der Waals surface area contributed by atoms with E-state index in [9.17, 15) is 0 Å².